The van der Waals surface area contributed by atoms with E-state index >= 15 is 0 Å². The molecule has 0 spiro atoms. The average Bonchev–Trinajstić information content (AvgIpc) is 3.42. The van der Waals surface area contributed by atoms with Gasteiger partial charge in [-0.2, -0.15) is 4.98 Å². The lowest BCUT2D eigenvalue weighted by molar-refractivity contribution is 1.06. The van der Waals surface area contributed by atoms with Crippen LogP contribution in [0.25, 0.3) is 11.3 Å². The molecule has 1 aliphatic rings. The molecular formula is C20H19BrN4. The number of anilines is 3. The first-order valence-electron chi connectivity index (χ1n) is 8.41. The van der Waals surface area contributed by atoms with Crippen molar-refractivity contribution in [3.8, 4) is 11.3 Å². The van der Waals surface area contributed by atoms with E-state index in [0.29, 0.717) is 12.0 Å². The molecule has 0 unspecified atom stereocenters. The van der Waals surface area contributed by atoms with Gasteiger partial charge in [0, 0.05) is 22.1 Å². The molecule has 0 saturated heterocycles. The second-order valence-electron chi connectivity index (χ2n) is 6.35. The summed E-state index contributed by atoms with van der Waals surface area (Å²) in [6.45, 7) is 2.07. The van der Waals surface area contributed by atoms with E-state index in [9.17, 15) is 0 Å². The first kappa shape index (κ1) is 16.1. The summed E-state index contributed by atoms with van der Waals surface area (Å²) in [5.41, 5.74) is 4.18. The highest BCUT2D eigenvalue weighted by atomic mass is 79.9. The molecule has 1 saturated carbocycles. The fourth-order valence-corrected chi connectivity index (χ4v) is 3.19. The number of halogens is 1. The quantitative estimate of drug-likeness (QED) is 0.596. The van der Waals surface area contributed by atoms with E-state index in [4.69, 9.17) is 0 Å². The fourth-order valence-electron chi connectivity index (χ4n) is 2.60. The van der Waals surface area contributed by atoms with Crippen LogP contribution in [0.4, 0.5) is 17.5 Å². The predicted octanol–water partition coefficient (Wildman–Crippen LogP) is 5.53. The molecule has 2 N–H and O–H groups in total. The van der Waals surface area contributed by atoms with Crippen molar-refractivity contribution >= 4 is 33.4 Å². The summed E-state index contributed by atoms with van der Waals surface area (Å²) in [5.74, 6) is 1.45. The maximum atomic E-state index is 4.69. The zero-order valence-corrected chi connectivity index (χ0v) is 15.5. The third kappa shape index (κ3) is 3.99. The van der Waals surface area contributed by atoms with E-state index < -0.39 is 0 Å². The standard InChI is InChI=1S/C20H19BrN4/c1-13-7-10-17(16(21)11-13)23-19-12-18(14-5-3-2-4-6-14)24-20(25-19)22-15-8-9-15/h2-7,10-12,15H,8-9H2,1H3,(H2,22,23,24,25). The van der Waals surface area contributed by atoms with E-state index in [1.807, 2.05) is 24.3 Å². The van der Waals surface area contributed by atoms with Crippen LogP contribution in [-0.4, -0.2) is 16.0 Å². The van der Waals surface area contributed by atoms with E-state index in [2.05, 4.69) is 73.8 Å². The Morgan fingerprint density at radius 2 is 1.80 bits per heavy atom. The fraction of sp³-hybridized carbons (Fsp3) is 0.200. The highest BCUT2D eigenvalue weighted by molar-refractivity contribution is 9.10. The van der Waals surface area contributed by atoms with Crippen molar-refractivity contribution in [2.24, 2.45) is 0 Å². The largest absolute Gasteiger partial charge is 0.351 e. The van der Waals surface area contributed by atoms with Gasteiger partial charge in [-0.25, -0.2) is 4.98 Å². The number of hydrogen-bond donors (Lipinski definition) is 2. The van der Waals surface area contributed by atoms with Gasteiger partial charge in [0.1, 0.15) is 5.82 Å². The summed E-state index contributed by atoms with van der Waals surface area (Å²) < 4.78 is 1.02. The summed E-state index contributed by atoms with van der Waals surface area (Å²) in [5, 5.41) is 6.81. The second kappa shape index (κ2) is 6.84. The first-order chi connectivity index (χ1) is 12.2. The summed E-state index contributed by atoms with van der Waals surface area (Å²) in [6.07, 6.45) is 2.37. The van der Waals surface area contributed by atoms with Crippen LogP contribution in [0, 0.1) is 6.92 Å². The van der Waals surface area contributed by atoms with Crippen molar-refractivity contribution < 1.29 is 0 Å². The third-order valence-electron chi connectivity index (χ3n) is 4.09. The molecule has 4 rings (SSSR count). The van der Waals surface area contributed by atoms with Gasteiger partial charge in [0.25, 0.3) is 0 Å². The lowest BCUT2D eigenvalue weighted by Crippen LogP contribution is -2.07. The smallest absolute Gasteiger partial charge is 0.225 e. The number of aryl methyl sites for hydroxylation is 1. The van der Waals surface area contributed by atoms with Gasteiger partial charge in [-0.3, -0.25) is 0 Å². The molecule has 1 aromatic heterocycles. The Kier molecular flexibility index (Phi) is 4.40. The van der Waals surface area contributed by atoms with Gasteiger partial charge in [-0.15, -0.1) is 0 Å². The number of hydrogen-bond acceptors (Lipinski definition) is 4. The topological polar surface area (TPSA) is 49.8 Å². The van der Waals surface area contributed by atoms with Crippen LogP contribution in [0.15, 0.2) is 59.1 Å². The van der Waals surface area contributed by atoms with Gasteiger partial charge in [0.2, 0.25) is 5.95 Å². The lowest BCUT2D eigenvalue weighted by Gasteiger charge is -2.12. The van der Waals surface area contributed by atoms with Crippen LogP contribution in [0.5, 0.6) is 0 Å². The molecule has 4 nitrogen and oxygen atoms in total. The summed E-state index contributed by atoms with van der Waals surface area (Å²) in [4.78, 5) is 9.33. The van der Waals surface area contributed by atoms with Crippen molar-refractivity contribution in [2.75, 3.05) is 10.6 Å². The van der Waals surface area contributed by atoms with Crippen LogP contribution in [-0.2, 0) is 0 Å². The molecule has 1 aliphatic carbocycles. The molecule has 0 bridgehead atoms. The minimum atomic E-state index is 0.505. The number of benzene rings is 2. The highest BCUT2D eigenvalue weighted by Crippen LogP contribution is 2.30. The van der Waals surface area contributed by atoms with Crippen LogP contribution >= 0.6 is 15.9 Å². The number of rotatable bonds is 5. The summed E-state index contributed by atoms with van der Waals surface area (Å²) in [7, 11) is 0. The molecule has 0 aliphatic heterocycles. The van der Waals surface area contributed by atoms with Crippen LogP contribution in [0.1, 0.15) is 18.4 Å². The number of aromatic nitrogens is 2. The zero-order chi connectivity index (χ0) is 17.2. The first-order valence-corrected chi connectivity index (χ1v) is 9.21. The summed E-state index contributed by atoms with van der Waals surface area (Å²) in [6, 6.07) is 18.9. The molecule has 0 atom stereocenters. The highest BCUT2D eigenvalue weighted by Gasteiger charge is 2.22. The Labute approximate surface area is 155 Å². The van der Waals surface area contributed by atoms with Crippen molar-refractivity contribution in [3.63, 3.8) is 0 Å². The minimum absolute atomic E-state index is 0.505. The minimum Gasteiger partial charge on any atom is -0.351 e. The van der Waals surface area contributed by atoms with E-state index in [-0.39, 0.29) is 0 Å². The van der Waals surface area contributed by atoms with Crippen LogP contribution in [0.3, 0.4) is 0 Å². The summed E-state index contributed by atoms with van der Waals surface area (Å²) >= 11 is 3.62. The number of nitrogens with one attached hydrogen (secondary N) is 2. The van der Waals surface area contributed by atoms with E-state index in [1.54, 1.807) is 0 Å². The SMILES string of the molecule is Cc1ccc(Nc2cc(-c3ccccc3)nc(NC3CC3)n2)c(Br)c1. The van der Waals surface area contributed by atoms with Gasteiger partial charge in [0.05, 0.1) is 11.4 Å². The molecule has 5 heteroatoms. The van der Waals surface area contributed by atoms with Crippen LogP contribution < -0.4 is 10.6 Å². The number of nitrogens with zero attached hydrogens (tertiary/aromatic N) is 2. The maximum absolute atomic E-state index is 4.69. The molecule has 1 fully saturated rings. The monoisotopic (exact) mass is 394 g/mol. The van der Waals surface area contributed by atoms with Crippen LogP contribution in [0.2, 0.25) is 0 Å². The second-order valence-corrected chi connectivity index (χ2v) is 7.21. The lowest BCUT2D eigenvalue weighted by atomic mass is 10.1. The Morgan fingerprint density at radius 3 is 2.52 bits per heavy atom. The van der Waals surface area contributed by atoms with E-state index in [1.165, 1.54) is 18.4 Å². The molecule has 126 valence electrons. The van der Waals surface area contributed by atoms with Gasteiger partial charge < -0.3 is 10.6 Å². The van der Waals surface area contributed by atoms with Gasteiger partial charge in [-0.05, 0) is 53.4 Å². The maximum Gasteiger partial charge on any atom is 0.225 e. The Bertz CT molecular complexity index is 891. The molecule has 1 heterocycles. The molecule has 0 amide bonds. The molecule has 0 radical (unpaired) electrons. The Morgan fingerprint density at radius 1 is 1.00 bits per heavy atom. The third-order valence-corrected chi connectivity index (χ3v) is 4.75. The molecule has 25 heavy (non-hydrogen) atoms. The predicted molar refractivity (Wildman–Crippen MR) is 106 cm³/mol. The molecular weight excluding hydrogens is 376 g/mol. The van der Waals surface area contributed by atoms with Gasteiger partial charge in [0.15, 0.2) is 0 Å². The molecule has 2 aromatic carbocycles. The van der Waals surface area contributed by atoms with Crippen molar-refractivity contribution in [3.05, 3.63) is 64.6 Å². The molecule has 3 aromatic rings. The van der Waals surface area contributed by atoms with Gasteiger partial charge >= 0.3 is 0 Å². The average molecular weight is 395 g/mol. The Hall–Kier alpha value is -2.40. The Balaban J connectivity index is 1.70. The van der Waals surface area contributed by atoms with Crippen molar-refractivity contribution in [1.82, 2.24) is 9.97 Å². The zero-order valence-electron chi connectivity index (χ0n) is 14.0. The van der Waals surface area contributed by atoms with E-state index in [0.717, 1.165) is 27.2 Å². The van der Waals surface area contributed by atoms with Gasteiger partial charge in [-0.1, -0.05) is 36.4 Å². The van der Waals surface area contributed by atoms with Crippen molar-refractivity contribution in [1.29, 1.82) is 0 Å². The van der Waals surface area contributed by atoms with Crippen molar-refractivity contribution in [2.45, 2.75) is 25.8 Å². The normalized spacial score (nSPS) is 13.5.